The summed E-state index contributed by atoms with van der Waals surface area (Å²) >= 11 is 0. The number of carboxylic acid groups (broad SMARTS) is 1. The van der Waals surface area contributed by atoms with Gasteiger partial charge >= 0.3 is 5.97 Å². The molecule has 0 aromatic heterocycles. The van der Waals surface area contributed by atoms with Crippen LogP contribution in [0.3, 0.4) is 0 Å². The zero-order valence-corrected chi connectivity index (χ0v) is 22.7. The minimum absolute atomic E-state index is 0.0164. The third-order valence-electron chi connectivity index (χ3n) is 10.0. The summed E-state index contributed by atoms with van der Waals surface area (Å²) in [4.78, 5) is 38.1. The van der Waals surface area contributed by atoms with Crippen molar-refractivity contribution in [2.75, 3.05) is 6.54 Å². The molecule has 0 radical (unpaired) electrons. The lowest BCUT2D eigenvalue weighted by Gasteiger charge is -2.39. The summed E-state index contributed by atoms with van der Waals surface area (Å²) in [7, 11) is 0. The highest BCUT2D eigenvalue weighted by molar-refractivity contribution is 5.96. The maximum Gasteiger partial charge on any atom is 0.309 e. The van der Waals surface area contributed by atoms with Crippen molar-refractivity contribution >= 4 is 17.8 Å². The van der Waals surface area contributed by atoms with Gasteiger partial charge in [-0.2, -0.15) is 5.26 Å². The SMILES string of the molecule is CC1(CNC(=O)C2C3CCC(C3)C2NC(=O)c2cc(OC3CCC(C)(C(=O)O)CC3)c(C#N)cc2F)CCC1. The molecule has 210 valence electrons. The van der Waals surface area contributed by atoms with Crippen molar-refractivity contribution in [2.24, 2.45) is 28.6 Å². The molecule has 3 N–H and O–H groups in total. The van der Waals surface area contributed by atoms with E-state index in [-0.39, 0.29) is 58.1 Å². The van der Waals surface area contributed by atoms with Crippen LogP contribution in [0.15, 0.2) is 12.1 Å². The highest BCUT2D eigenvalue weighted by Crippen LogP contribution is 2.49. The lowest BCUT2D eigenvalue weighted by atomic mass is 9.70. The number of carboxylic acids is 1. The number of nitrogens with zero attached hydrogens (tertiary/aromatic N) is 1. The van der Waals surface area contributed by atoms with E-state index in [4.69, 9.17) is 4.74 Å². The largest absolute Gasteiger partial charge is 0.489 e. The Morgan fingerprint density at radius 3 is 2.41 bits per heavy atom. The number of ether oxygens (including phenoxy) is 1. The molecule has 4 fully saturated rings. The normalized spacial score (nSPS) is 32.5. The quantitative estimate of drug-likeness (QED) is 0.444. The molecule has 2 amide bonds. The molecule has 0 aliphatic heterocycles. The maximum absolute atomic E-state index is 15.0. The summed E-state index contributed by atoms with van der Waals surface area (Å²) < 4.78 is 21.1. The number of carbonyl (C=O) groups excluding carboxylic acids is 2. The summed E-state index contributed by atoms with van der Waals surface area (Å²) in [6.45, 7) is 4.53. The molecule has 4 aliphatic rings. The van der Waals surface area contributed by atoms with E-state index in [0.717, 1.165) is 38.2 Å². The fourth-order valence-electron chi connectivity index (χ4n) is 7.13. The van der Waals surface area contributed by atoms with E-state index < -0.39 is 23.1 Å². The van der Waals surface area contributed by atoms with Crippen molar-refractivity contribution < 1.29 is 28.6 Å². The first-order valence-electron chi connectivity index (χ1n) is 14.2. The second kappa shape index (κ2) is 10.4. The molecule has 9 heteroatoms. The van der Waals surface area contributed by atoms with Crippen molar-refractivity contribution in [1.82, 2.24) is 10.6 Å². The second-order valence-electron chi connectivity index (χ2n) is 12.9. The fourth-order valence-corrected chi connectivity index (χ4v) is 7.13. The van der Waals surface area contributed by atoms with Gasteiger partial charge in [-0.25, -0.2) is 4.39 Å². The van der Waals surface area contributed by atoms with E-state index in [1.54, 1.807) is 6.92 Å². The van der Waals surface area contributed by atoms with Crippen molar-refractivity contribution in [2.45, 2.75) is 90.2 Å². The van der Waals surface area contributed by atoms with E-state index in [0.29, 0.717) is 32.2 Å². The minimum Gasteiger partial charge on any atom is -0.489 e. The van der Waals surface area contributed by atoms with Gasteiger partial charge in [-0.3, -0.25) is 14.4 Å². The molecule has 8 nitrogen and oxygen atoms in total. The van der Waals surface area contributed by atoms with Crippen LogP contribution in [0, 0.1) is 45.7 Å². The van der Waals surface area contributed by atoms with Crippen LogP contribution < -0.4 is 15.4 Å². The van der Waals surface area contributed by atoms with Gasteiger partial charge in [0.2, 0.25) is 5.91 Å². The Balaban J connectivity index is 1.28. The molecule has 4 saturated carbocycles. The van der Waals surface area contributed by atoms with Crippen molar-refractivity contribution in [3.8, 4) is 11.8 Å². The highest BCUT2D eigenvalue weighted by Gasteiger charge is 2.51. The number of hydrogen-bond acceptors (Lipinski definition) is 5. The molecule has 5 rings (SSSR count). The number of amides is 2. The number of carbonyl (C=O) groups is 3. The van der Waals surface area contributed by atoms with Crippen molar-refractivity contribution in [1.29, 1.82) is 5.26 Å². The van der Waals surface area contributed by atoms with Crippen molar-refractivity contribution in [3.05, 3.63) is 29.1 Å². The Bertz CT molecular complexity index is 1200. The van der Waals surface area contributed by atoms with Crippen LogP contribution in [-0.2, 0) is 9.59 Å². The average Bonchev–Trinajstić information content (AvgIpc) is 3.50. The predicted octanol–water partition coefficient (Wildman–Crippen LogP) is 4.56. The van der Waals surface area contributed by atoms with Crippen LogP contribution in [0.25, 0.3) is 0 Å². The summed E-state index contributed by atoms with van der Waals surface area (Å²) in [5.74, 6) is -2.15. The van der Waals surface area contributed by atoms with Gasteiger partial charge in [-0.1, -0.05) is 13.3 Å². The third-order valence-corrected chi connectivity index (χ3v) is 10.0. The Morgan fingerprint density at radius 2 is 1.79 bits per heavy atom. The lowest BCUT2D eigenvalue weighted by molar-refractivity contribution is -0.150. The lowest BCUT2D eigenvalue weighted by Crippen LogP contribution is -2.51. The molecule has 0 spiro atoms. The van der Waals surface area contributed by atoms with Gasteiger partial charge in [0.05, 0.1) is 28.6 Å². The zero-order chi connectivity index (χ0) is 27.9. The van der Waals surface area contributed by atoms with Crippen LogP contribution in [-0.4, -0.2) is 41.6 Å². The Hall–Kier alpha value is -3.15. The standard InChI is InChI=1S/C30H38FN3O5/c1-29(8-3-9-29)16-33-27(36)24-17-4-5-18(12-17)25(24)34-26(35)21-14-23(19(15-32)13-22(21)31)39-20-6-10-30(2,11-7-20)28(37)38/h13-14,17-18,20,24-25H,3-12,16H2,1-2H3,(H,33,36)(H,34,35)(H,37,38). The molecule has 4 atom stereocenters. The Kier molecular flexibility index (Phi) is 7.34. The fraction of sp³-hybridized carbons (Fsp3) is 0.667. The van der Waals surface area contributed by atoms with E-state index in [1.807, 2.05) is 6.07 Å². The van der Waals surface area contributed by atoms with Crippen LogP contribution >= 0.6 is 0 Å². The molecule has 1 aromatic rings. The zero-order valence-electron chi connectivity index (χ0n) is 22.7. The smallest absolute Gasteiger partial charge is 0.309 e. The molecular weight excluding hydrogens is 501 g/mol. The third kappa shape index (κ3) is 5.35. The number of benzene rings is 1. The molecule has 2 bridgehead atoms. The van der Waals surface area contributed by atoms with Gasteiger partial charge in [0.25, 0.3) is 5.91 Å². The highest BCUT2D eigenvalue weighted by atomic mass is 19.1. The van der Waals surface area contributed by atoms with Crippen LogP contribution in [0.5, 0.6) is 5.75 Å². The summed E-state index contributed by atoms with van der Waals surface area (Å²) in [5, 5.41) is 25.1. The van der Waals surface area contributed by atoms with Gasteiger partial charge in [-0.05, 0) is 94.1 Å². The van der Waals surface area contributed by atoms with E-state index >= 15 is 4.39 Å². The number of nitriles is 1. The van der Waals surface area contributed by atoms with Gasteiger partial charge in [0.15, 0.2) is 0 Å². The number of nitrogens with one attached hydrogen (secondary N) is 2. The molecule has 0 heterocycles. The minimum atomic E-state index is -0.843. The van der Waals surface area contributed by atoms with Gasteiger partial charge in [0, 0.05) is 12.6 Å². The maximum atomic E-state index is 15.0. The topological polar surface area (TPSA) is 129 Å². The van der Waals surface area contributed by atoms with Gasteiger partial charge < -0.3 is 20.5 Å². The summed E-state index contributed by atoms with van der Waals surface area (Å²) in [6, 6.07) is 3.86. The van der Waals surface area contributed by atoms with Crippen LogP contribution in [0.2, 0.25) is 0 Å². The summed E-state index contributed by atoms with van der Waals surface area (Å²) in [6.07, 6.45) is 7.63. The monoisotopic (exact) mass is 539 g/mol. The van der Waals surface area contributed by atoms with Gasteiger partial charge in [-0.15, -0.1) is 0 Å². The van der Waals surface area contributed by atoms with Crippen molar-refractivity contribution in [3.63, 3.8) is 0 Å². The predicted molar refractivity (Wildman–Crippen MR) is 140 cm³/mol. The molecule has 1 aromatic carbocycles. The second-order valence-corrected chi connectivity index (χ2v) is 12.9. The number of rotatable bonds is 8. The first-order valence-corrected chi connectivity index (χ1v) is 14.2. The first-order chi connectivity index (χ1) is 18.5. The van der Waals surface area contributed by atoms with E-state index in [9.17, 15) is 24.8 Å². The first kappa shape index (κ1) is 27.4. The molecule has 4 aliphatic carbocycles. The Labute approximate surface area is 228 Å². The number of hydrogen-bond donors (Lipinski definition) is 3. The molecular formula is C30H38FN3O5. The van der Waals surface area contributed by atoms with Crippen LogP contribution in [0.4, 0.5) is 4.39 Å². The Morgan fingerprint density at radius 1 is 1.10 bits per heavy atom. The average molecular weight is 540 g/mol. The molecule has 39 heavy (non-hydrogen) atoms. The van der Waals surface area contributed by atoms with Crippen LogP contribution in [0.1, 0.15) is 94.0 Å². The van der Waals surface area contributed by atoms with Gasteiger partial charge in [0.1, 0.15) is 17.6 Å². The number of halogens is 1. The van der Waals surface area contributed by atoms with E-state index in [2.05, 4.69) is 17.6 Å². The number of aliphatic carboxylic acids is 1. The molecule has 4 unspecified atom stereocenters. The molecule has 0 saturated heterocycles. The number of fused-ring (bicyclic) bond motifs is 2. The summed E-state index contributed by atoms with van der Waals surface area (Å²) in [5.41, 5.74) is -0.903. The van der Waals surface area contributed by atoms with E-state index in [1.165, 1.54) is 12.5 Å².